The highest BCUT2D eigenvalue weighted by Crippen LogP contribution is 2.34. The predicted molar refractivity (Wildman–Crippen MR) is 194 cm³/mol. The van der Waals surface area contributed by atoms with Crippen molar-refractivity contribution in [3.63, 3.8) is 0 Å². The Balaban J connectivity index is 0.000000177. The van der Waals surface area contributed by atoms with Gasteiger partial charge >= 0.3 is 23.3 Å². The highest BCUT2D eigenvalue weighted by molar-refractivity contribution is 7.08. The molecule has 6 heterocycles. The molecule has 1 fully saturated rings. The smallest absolute Gasteiger partial charge is 0.337 e. The van der Waals surface area contributed by atoms with E-state index in [9.17, 15) is 19.2 Å². The summed E-state index contributed by atoms with van der Waals surface area (Å²) in [6.07, 6.45) is 10.7. The minimum Gasteiger partial charge on any atom is -0.403 e. The van der Waals surface area contributed by atoms with Crippen LogP contribution in [0.25, 0.3) is 22.2 Å². The number of aryl methyl sites for hydroxylation is 2. The van der Waals surface area contributed by atoms with Gasteiger partial charge in [0.05, 0.1) is 11.4 Å². The molecule has 0 spiro atoms. The van der Waals surface area contributed by atoms with E-state index in [0.29, 0.717) is 53.6 Å². The van der Waals surface area contributed by atoms with Crippen molar-refractivity contribution in [3.8, 4) is 12.0 Å². The molecule has 7 rings (SSSR count). The van der Waals surface area contributed by atoms with Gasteiger partial charge in [-0.05, 0) is 66.5 Å². The Morgan fingerprint density at radius 1 is 0.941 bits per heavy atom. The van der Waals surface area contributed by atoms with Crippen LogP contribution in [-0.2, 0) is 12.8 Å². The Kier molecular flexibility index (Phi) is 10.9. The van der Waals surface area contributed by atoms with E-state index in [-0.39, 0.29) is 28.8 Å². The maximum absolute atomic E-state index is 12.5. The summed E-state index contributed by atoms with van der Waals surface area (Å²) in [4.78, 5) is 76.1. The Hall–Kier alpha value is -5.77. The molecule has 2 aliphatic rings. The van der Waals surface area contributed by atoms with Crippen LogP contribution in [-0.4, -0.2) is 37.1 Å². The molecule has 0 unspecified atom stereocenters. The van der Waals surface area contributed by atoms with E-state index in [1.54, 1.807) is 24.5 Å². The van der Waals surface area contributed by atoms with E-state index in [0.717, 1.165) is 30.0 Å². The van der Waals surface area contributed by atoms with Crippen LogP contribution in [0.2, 0.25) is 0 Å². The first-order valence-electron chi connectivity index (χ1n) is 16.6. The van der Waals surface area contributed by atoms with Gasteiger partial charge in [-0.1, -0.05) is 49.5 Å². The highest BCUT2D eigenvalue weighted by atomic mass is 32.1. The molecular weight excluding hydrogens is 678 g/mol. The molecule has 0 radical (unpaired) electrons. The van der Waals surface area contributed by atoms with E-state index in [4.69, 9.17) is 18.5 Å². The fourth-order valence-corrected chi connectivity index (χ4v) is 6.11. The quantitative estimate of drug-likeness (QED) is 0.124. The van der Waals surface area contributed by atoms with Gasteiger partial charge < -0.3 is 18.5 Å². The van der Waals surface area contributed by atoms with Crippen molar-refractivity contribution >= 4 is 50.7 Å². The normalized spacial score (nSPS) is 14.5. The van der Waals surface area contributed by atoms with Crippen LogP contribution in [0.15, 0.2) is 84.6 Å². The van der Waals surface area contributed by atoms with Crippen LogP contribution < -0.4 is 32.0 Å². The van der Waals surface area contributed by atoms with Gasteiger partial charge in [-0.25, -0.2) is 9.59 Å². The first-order chi connectivity index (χ1) is 24.7. The molecule has 51 heavy (non-hydrogen) atoms. The topological polar surface area (TPSA) is 207 Å². The van der Waals surface area contributed by atoms with Gasteiger partial charge in [-0.2, -0.15) is 21.3 Å². The Morgan fingerprint density at radius 3 is 2.16 bits per heavy atom. The number of thiophene rings is 1. The second kappa shape index (κ2) is 15.8. The van der Waals surface area contributed by atoms with Crippen molar-refractivity contribution < 1.29 is 18.5 Å². The number of hydrogen-bond acceptors (Lipinski definition) is 14. The Labute approximate surface area is 293 Å². The second-order valence-corrected chi connectivity index (χ2v) is 12.7. The number of nitrogens with one attached hydrogen (secondary N) is 2. The average molecular weight is 714 g/mol. The van der Waals surface area contributed by atoms with Crippen molar-refractivity contribution in [1.82, 2.24) is 19.9 Å². The van der Waals surface area contributed by atoms with Crippen LogP contribution in [0.1, 0.15) is 76.0 Å². The van der Waals surface area contributed by atoms with Crippen LogP contribution in [0, 0.1) is 5.92 Å². The minimum atomic E-state index is -0.562. The number of aromatic nitrogens is 4. The zero-order valence-corrected chi connectivity index (χ0v) is 29.0. The first-order valence-corrected chi connectivity index (χ1v) is 17.5. The van der Waals surface area contributed by atoms with Gasteiger partial charge in [0.15, 0.2) is 0 Å². The Morgan fingerprint density at radius 2 is 1.59 bits per heavy atom. The molecule has 5 aromatic heterocycles. The van der Waals surface area contributed by atoms with E-state index in [2.05, 4.69) is 35.2 Å². The standard InChI is InChI=1S/C19H19N3O4S.C16H16N4O4/c1-11(14-7-8-27-10-14)22-26-19-20-17(24)16-13(4-2-3-12-5-6-12)9-15(23)25-18(16)21-19;1-3-9-8-12(21)23-15-13(9)14(22)18-16(19-15)24-20-10(4-2)11-6-5-7-17-11/h7-10,12H,2-6H2,1H3,(H,20,21,24);5,7-8H,3-4,6H2,1-2H3,(H,18,19,22)/b22-11+;20-10+. The van der Waals surface area contributed by atoms with E-state index >= 15 is 0 Å². The van der Waals surface area contributed by atoms with Crippen molar-refractivity contribution in [3.05, 3.63) is 99.5 Å². The summed E-state index contributed by atoms with van der Waals surface area (Å²) < 4.78 is 10.1. The lowest BCUT2D eigenvalue weighted by Gasteiger charge is -2.05. The molecule has 0 aromatic carbocycles. The third-order valence-electron chi connectivity index (χ3n) is 8.25. The number of allylic oxidation sites excluding steroid dienone is 1. The lowest BCUT2D eigenvalue weighted by atomic mass is 10.1. The van der Waals surface area contributed by atoms with Crippen LogP contribution in [0.4, 0.5) is 0 Å². The predicted octanol–water partition coefficient (Wildman–Crippen LogP) is 5.42. The van der Waals surface area contributed by atoms with E-state index in [1.165, 1.54) is 25.0 Å². The molecule has 1 saturated carbocycles. The molecule has 0 saturated heterocycles. The van der Waals surface area contributed by atoms with Crippen molar-refractivity contribution in [2.24, 2.45) is 21.2 Å². The van der Waals surface area contributed by atoms with E-state index < -0.39 is 22.4 Å². The largest absolute Gasteiger partial charge is 0.403 e. The summed E-state index contributed by atoms with van der Waals surface area (Å²) >= 11 is 1.55. The maximum atomic E-state index is 12.5. The third kappa shape index (κ3) is 8.70. The van der Waals surface area contributed by atoms with Gasteiger partial charge in [-0.3, -0.25) is 24.5 Å². The van der Waals surface area contributed by atoms with Crippen LogP contribution in [0.5, 0.6) is 12.0 Å². The zero-order valence-electron chi connectivity index (χ0n) is 28.2. The van der Waals surface area contributed by atoms with Gasteiger partial charge in [-0.15, -0.1) is 0 Å². The number of rotatable bonds is 12. The SMILES string of the molecule is C/C(=N\Oc1nc2oc(=O)cc(CCCC3CC3)c2c(=O)[nH]1)c1ccsc1.CC/C(=N\Oc1nc2oc(=O)cc(CC)c2c(=O)[nH]1)C1=NC=CC1. The summed E-state index contributed by atoms with van der Waals surface area (Å²) in [5.41, 5.74) is 2.27. The zero-order chi connectivity index (χ0) is 35.9. The van der Waals surface area contributed by atoms with Gasteiger partial charge in [0, 0.05) is 30.3 Å². The first kappa shape index (κ1) is 35.1. The maximum Gasteiger partial charge on any atom is 0.337 e. The molecule has 2 N–H and O–H groups in total. The Bertz CT molecular complexity index is 2420. The monoisotopic (exact) mass is 713 g/mol. The lowest BCUT2D eigenvalue weighted by molar-refractivity contribution is 0.311. The molecule has 5 aromatic rings. The molecule has 1 aliphatic heterocycles. The highest BCUT2D eigenvalue weighted by Gasteiger charge is 2.21. The summed E-state index contributed by atoms with van der Waals surface area (Å²) in [7, 11) is 0. The van der Waals surface area contributed by atoms with Crippen molar-refractivity contribution in [2.75, 3.05) is 0 Å². The molecular formula is C35H35N7O8S. The second-order valence-electron chi connectivity index (χ2n) is 11.9. The number of aliphatic imine (C=N–C) groups is 1. The summed E-state index contributed by atoms with van der Waals surface area (Å²) in [6, 6.07) is 4.34. The molecule has 0 atom stereocenters. The summed E-state index contributed by atoms with van der Waals surface area (Å²) in [6.45, 7) is 5.55. The fourth-order valence-electron chi connectivity index (χ4n) is 5.41. The average Bonchev–Trinajstić information content (AvgIpc) is 3.50. The third-order valence-corrected chi connectivity index (χ3v) is 8.93. The van der Waals surface area contributed by atoms with Crippen molar-refractivity contribution in [2.45, 2.75) is 72.1 Å². The van der Waals surface area contributed by atoms with Gasteiger partial charge in [0.2, 0.25) is 11.4 Å². The number of aromatic amines is 2. The number of oxime groups is 2. The van der Waals surface area contributed by atoms with Crippen LogP contribution in [0.3, 0.4) is 0 Å². The fraction of sp³-hybridized carbons (Fsp3) is 0.343. The van der Waals surface area contributed by atoms with Crippen molar-refractivity contribution in [1.29, 1.82) is 0 Å². The van der Waals surface area contributed by atoms with Gasteiger partial charge in [0.1, 0.15) is 16.5 Å². The molecule has 1 aliphatic carbocycles. The molecule has 16 heteroatoms. The lowest BCUT2D eigenvalue weighted by Crippen LogP contribution is -2.16. The molecule has 0 bridgehead atoms. The number of H-pyrrole nitrogens is 2. The molecule has 15 nitrogen and oxygen atoms in total. The number of nitrogens with zero attached hydrogens (tertiary/aromatic N) is 5. The van der Waals surface area contributed by atoms with Gasteiger partial charge in [0.25, 0.3) is 11.1 Å². The summed E-state index contributed by atoms with van der Waals surface area (Å²) in [5.74, 6) is 0.803. The van der Waals surface area contributed by atoms with E-state index in [1.807, 2.05) is 36.7 Å². The molecule has 264 valence electrons. The van der Waals surface area contributed by atoms with Crippen LogP contribution >= 0.6 is 11.3 Å². The number of fused-ring (bicyclic) bond motifs is 2. The minimum absolute atomic E-state index is 0.0222. The number of hydrogen-bond donors (Lipinski definition) is 2. The molecule has 0 amide bonds. The summed E-state index contributed by atoms with van der Waals surface area (Å²) in [5, 5.41) is 12.4.